The van der Waals surface area contributed by atoms with Crippen molar-refractivity contribution in [2.75, 3.05) is 0 Å². The van der Waals surface area contributed by atoms with Gasteiger partial charge in [0.25, 0.3) is 0 Å². The molecule has 0 bridgehead atoms. The summed E-state index contributed by atoms with van der Waals surface area (Å²) >= 11 is 12.0. The van der Waals surface area contributed by atoms with Gasteiger partial charge >= 0.3 is 0 Å². The van der Waals surface area contributed by atoms with E-state index in [-0.39, 0.29) is 28.4 Å². The summed E-state index contributed by atoms with van der Waals surface area (Å²) in [6.07, 6.45) is 3.12. The minimum Gasteiger partial charge on any atom is -0.503 e. The number of hydrogen-bond donors (Lipinski definition) is 3. The SMILES string of the molecule is NB1CCCc2c(Cl)c(O)c(O)c(Cl)c2C1. The third kappa shape index (κ3) is 1.86. The van der Waals surface area contributed by atoms with Gasteiger partial charge in [0.15, 0.2) is 11.5 Å². The Hall–Kier alpha value is -0.575. The average molecular weight is 260 g/mol. The molecule has 4 N–H and O–H groups in total. The predicted octanol–water partition coefficient (Wildman–Crippen LogP) is 2.38. The van der Waals surface area contributed by atoms with Crippen LogP contribution in [0.4, 0.5) is 0 Å². The smallest absolute Gasteiger partial charge is 0.222 e. The zero-order valence-electron chi connectivity index (χ0n) is 8.63. The van der Waals surface area contributed by atoms with E-state index in [4.69, 9.17) is 28.8 Å². The van der Waals surface area contributed by atoms with Crippen LogP contribution in [0.1, 0.15) is 17.5 Å². The molecule has 0 spiro atoms. The second kappa shape index (κ2) is 4.36. The minimum absolute atomic E-state index is 0.0266. The molecule has 2 rings (SSSR count). The summed E-state index contributed by atoms with van der Waals surface area (Å²) in [7, 11) is 0. The van der Waals surface area contributed by atoms with Gasteiger partial charge in [0, 0.05) is 0 Å². The van der Waals surface area contributed by atoms with Crippen molar-refractivity contribution in [2.45, 2.75) is 25.5 Å². The Morgan fingerprint density at radius 3 is 2.25 bits per heavy atom. The lowest BCUT2D eigenvalue weighted by Gasteiger charge is -2.14. The third-order valence-corrected chi connectivity index (χ3v) is 3.82. The number of rotatable bonds is 0. The zero-order chi connectivity index (χ0) is 11.9. The van der Waals surface area contributed by atoms with E-state index in [1.807, 2.05) is 0 Å². The summed E-state index contributed by atoms with van der Waals surface area (Å²) in [6, 6.07) is 0. The monoisotopic (exact) mass is 259 g/mol. The first-order valence-corrected chi connectivity index (χ1v) is 5.94. The lowest BCUT2D eigenvalue weighted by atomic mass is 9.56. The molecule has 0 aromatic heterocycles. The van der Waals surface area contributed by atoms with E-state index in [0.717, 1.165) is 30.3 Å². The summed E-state index contributed by atoms with van der Waals surface area (Å²) in [6.45, 7) is 0.0266. The zero-order valence-corrected chi connectivity index (χ0v) is 10.1. The molecule has 0 saturated heterocycles. The Bertz CT molecular complexity index is 440. The molecule has 0 amide bonds. The fourth-order valence-corrected chi connectivity index (χ4v) is 2.72. The molecule has 16 heavy (non-hydrogen) atoms. The first-order chi connectivity index (χ1) is 7.52. The van der Waals surface area contributed by atoms with Crippen LogP contribution < -0.4 is 5.64 Å². The van der Waals surface area contributed by atoms with Crippen molar-refractivity contribution in [3.05, 3.63) is 21.2 Å². The molecule has 0 unspecified atom stereocenters. The standard InChI is InChI=1S/C10H12BCl2NO2/c12-7-5-2-1-3-11(14)4-6(5)8(13)10(16)9(7)15/h15-16H,1-4,14H2. The minimum atomic E-state index is -0.348. The first-order valence-electron chi connectivity index (χ1n) is 5.18. The van der Waals surface area contributed by atoms with Crippen molar-refractivity contribution in [3.8, 4) is 11.5 Å². The molecule has 1 aromatic carbocycles. The van der Waals surface area contributed by atoms with Gasteiger partial charge in [-0.1, -0.05) is 35.9 Å². The lowest BCUT2D eigenvalue weighted by molar-refractivity contribution is 0.403. The molecule has 0 saturated carbocycles. The third-order valence-electron chi connectivity index (χ3n) is 3.00. The van der Waals surface area contributed by atoms with E-state index in [1.54, 1.807) is 0 Å². The predicted molar refractivity (Wildman–Crippen MR) is 66.6 cm³/mol. The highest BCUT2D eigenvalue weighted by Gasteiger charge is 2.26. The van der Waals surface area contributed by atoms with Gasteiger partial charge in [-0.2, -0.15) is 0 Å². The summed E-state index contributed by atoms with van der Waals surface area (Å²) in [5.41, 5.74) is 7.50. The van der Waals surface area contributed by atoms with Crippen molar-refractivity contribution in [2.24, 2.45) is 5.64 Å². The molecule has 1 aliphatic heterocycles. The van der Waals surface area contributed by atoms with E-state index in [0.29, 0.717) is 6.32 Å². The Labute approximate surface area is 104 Å². The highest BCUT2D eigenvalue weighted by atomic mass is 35.5. The van der Waals surface area contributed by atoms with Crippen LogP contribution in [0.25, 0.3) is 0 Å². The van der Waals surface area contributed by atoms with Crippen LogP contribution in [-0.4, -0.2) is 17.1 Å². The fraction of sp³-hybridized carbons (Fsp3) is 0.400. The number of aromatic hydroxyl groups is 2. The summed E-state index contributed by atoms with van der Waals surface area (Å²) in [5.74, 6) is -0.680. The molecule has 1 heterocycles. The Morgan fingerprint density at radius 1 is 1.06 bits per heavy atom. The molecule has 1 aliphatic rings. The lowest BCUT2D eigenvalue weighted by Crippen LogP contribution is -2.27. The molecular weight excluding hydrogens is 248 g/mol. The van der Waals surface area contributed by atoms with Gasteiger partial charge in [-0.15, -0.1) is 0 Å². The molecule has 3 nitrogen and oxygen atoms in total. The Morgan fingerprint density at radius 2 is 1.62 bits per heavy atom. The van der Waals surface area contributed by atoms with Gasteiger partial charge in [-0.05, 0) is 23.9 Å². The van der Waals surface area contributed by atoms with Crippen molar-refractivity contribution >= 4 is 30.0 Å². The van der Waals surface area contributed by atoms with Gasteiger partial charge < -0.3 is 15.9 Å². The van der Waals surface area contributed by atoms with Crippen LogP contribution in [0.3, 0.4) is 0 Å². The van der Waals surface area contributed by atoms with Crippen molar-refractivity contribution in [1.29, 1.82) is 0 Å². The number of fused-ring (bicyclic) bond motifs is 1. The van der Waals surface area contributed by atoms with E-state index in [9.17, 15) is 10.2 Å². The summed E-state index contributed by atoms with van der Waals surface area (Å²) in [4.78, 5) is 0. The first kappa shape index (κ1) is 11.9. The number of halogens is 2. The number of nitrogens with two attached hydrogens (primary N) is 1. The Kier molecular flexibility index (Phi) is 3.24. The second-order valence-corrected chi connectivity index (χ2v) is 4.89. The number of phenols is 2. The topological polar surface area (TPSA) is 66.5 Å². The number of hydrogen-bond acceptors (Lipinski definition) is 3. The maximum atomic E-state index is 9.61. The number of phenolic OH excluding ortho intramolecular Hbond substituents is 2. The quantitative estimate of drug-likeness (QED) is 0.495. The van der Waals surface area contributed by atoms with E-state index in [2.05, 4.69) is 0 Å². The number of benzene rings is 1. The molecular formula is C10H12BCl2NO2. The van der Waals surface area contributed by atoms with Crippen molar-refractivity contribution in [1.82, 2.24) is 0 Å². The maximum Gasteiger partial charge on any atom is 0.222 e. The van der Waals surface area contributed by atoms with E-state index < -0.39 is 0 Å². The highest BCUT2D eigenvalue weighted by molar-refractivity contribution is 6.55. The normalized spacial score (nSPS) is 15.8. The van der Waals surface area contributed by atoms with Crippen LogP contribution in [0.15, 0.2) is 0 Å². The largest absolute Gasteiger partial charge is 0.503 e. The molecule has 1 aromatic rings. The molecule has 0 atom stereocenters. The summed E-state index contributed by atoms with van der Waals surface area (Å²) in [5, 5.41) is 19.6. The van der Waals surface area contributed by atoms with Gasteiger partial charge in [-0.3, -0.25) is 0 Å². The van der Waals surface area contributed by atoms with Crippen LogP contribution in [0, 0.1) is 0 Å². The Balaban J connectivity index is 2.64. The molecule has 86 valence electrons. The molecule has 6 heteroatoms. The van der Waals surface area contributed by atoms with Crippen LogP contribution in [0.2, 0.25) is 16.4 Å². The molecule has 0 fully saturated rings. The van der Waals surface area contributed by atoms with E-state index >= 15 is 0 Å². The van der Waals surface area contributed by atoms with Crippen LogP contribution in [-0.2, 0) is 12.7 Å². The van der Waals surface area contributed by atoms with Crippen molar-refractivity contribution < 1.29 is 10.2 Å². The van der Waals surface area contributed by atoms with Gasteiger partial charge in [-0.25, -0.2) is 0 Å². The maximum absolute atomic E-state index is 9.61. The fourth-order valence-electron chi connectivity index (χ4n) is 2.14. The van der Waals surface area contributed by atoms with Crippen LogP contribution >= 0.6 is 23.2 Å². The van der Waals surface area contributed by atoms with Crippen molar-refractivity contribution in [3.63, 3.8) is 0 Å². The second-order valence-electron chi connectivity index (χ2n) is 4.14. The van der Waals surface area contributed by atoms with Gasteiger partial charge in [0.2, 0.25) is 6.85 Å². The van der Waals surface area contributed by atoms with Gasteiger partial charge in [0.05, 0.1) is 10.0 Å². The highest BCUT2D eigenvalue weighted by Crippen LogP contribution is 2.45. The van der Waals surface area contributed by atoms with E-state index in [1.165, 1.54) is 0 Å². The van der Waals surface area contributed by atoms with Gasteiger partial charge in [0.1, 0.15) is 0 Å². The average Bonchev–Trinajstić information content (AvgIpc) is 2.45. The molecule has 0 aliphatic carbocycles. The van der Waals surface area contributed by atoms with Crippen LogP contribution in [0.5, 0.6) is 11.5 Å². The summed E-state index contributed by atoms with van der Waals surface area (Å²) < 4.78 is 0. The molecule has 0 radical (unpaired) electrons.